The minimum Gasteiger partial charge on any atom is -0.488 e. The number of ether oxygens (including phenoxy) is 1. The predicted molar refractivity (Wildman–Crippen MR) is 109 cm³/mol. The van der Waals surface area contributed by atoms with Gasteiger partial charge in [0, 0.05) is 17.6 Å². The molecule has 6 heteroatoms. The van der Waals surface area contributed by atoms with Crippen molar-refractivity contribution in [3.8, 4) is 5.75 Å². The standard InChI is InChI=1S/C22H23FN2O2S/c1-16-15-28-21(25-16)8-4-5-13-24-22(26)19-6-2-3-7-20(19)27-14-17-9-11-18(23)12-10-17/h2-3,6-7,9-12,15H,4-5,8,13-14H2,1H3,(H,24,26). The van der Waals surface area contributed by atoms with Gasteiger partial charge in [-0.3, -0.25) is 4.79 Å². The number of benzene rings is 2. The van der Waals surface area contributed by atoms with Crippen molar-refractivity contribution < 1.29 is 13.9 Å². The lowest BCUT2D eigenvalue weighted by Crippen LogP contribution is -2.25. The molecule has 0 unspecified atom stereocenters. The van der Waals surface area contributed by atoms with Crippen LogP contribution >= 0.6 is 11.3 Å². The molecule has 146 valence electrons. The van der Waals surface area contributed by atoms with E-state index in [0.29, 0.717) is 17.9 Å². The molecule has 0 aliphatic carbocycles. The Labute approximate surface area is 168 Å². The Morgan fingerprint density at radius 1 is 1.14 bits per heavy atom. The molecule has 1 aromatic heterocycles. The summed E-state index contributed by atoms with van der Waals surface area (Å²) in [5, 5.41) is 6.15. The van der Waals surface area contributed by atoms with Crippen molar-refractivity contribution in [2.24, 2.45) is 0 Å². The Hall–Kier alpha value is -2.73. The molecule has 0 radical (unpaired) electrons. The third-order valence-corrected chi connectivity index (χ3v) is 5.24. The second-order valence-corrected chi connectivity index (χ2v) is 7.45. The second kappa shape index (κ2) is 9.99. The van der Waals surface area contributed by atoms with Gasteiger partial charge >= 0.3 is 0 Å². The van der Waals surface area contributed by atoms with Crippen LogP contribution in [-0.4, -0.2) is 17.4 Å². The number of para-hydroxylation sites is 1. The third kappa shape index (κ3) is 5.89. The highest BCUT2D eigenvalue weighted by atomic mass is 32.1. The zero-order valence-electron chi connectivity index (χ0n) is 15.8. The number of carbonyl (C=O) groups is 1. The van der Waals surface area contributed by atoms with Crippen LogP contribution in [0.25, 0.3) is 0 Å². The van der Waals surface area contributed by atoms with Gasteiger partial charge in [0.2, 0.25) is 0 Å². The lowest BCUT2D eigenvalue weighted by molar-refractivity contribution is 0.0948. The van der Waals surface area contributed by atoms with E-state index in [4.69, 9.17) is 4.74 Å². The maximum atomic E-state index is 13.0. The second-order valence-electron chi connectivity index (χ2n) is 6.51. The van der Waals surface area contributed by atoms with Crippen LogP contribution in [0.3, 0.4) is 0 Å². The monoisotopic (exact) mass is 398 g/mol. The molecular weight excluding hydrogens is 375 g/mol. The van der Waals surface area contributed by atoms with Crippen LogP contribution in [0, 0.1) is 12.7 Å². The molecule has 0 atom stereocenters. The molecule has 1 amide bonds. The average Bonchev–Trinajstić information content (AvgIpc) is 3.12. The van der Waals surface area contributed by atoms with E-state index in [1.54, 1.807) is 35.6 Å². The van der Waals surface area contributed by atoms with Gasteiger partial charge in [0.05, 0.1) is 10.6 Å². The molecule has 0 saturated carbocycles. The topological polar surface area (TPSA) is 51.2 Å². The normalized spacial score (nSPS) is 10.6. The van der Waals surface area contributed by atoms with Crippen LogP contribution < -0.4 is 10.1 Å². The quantitative estimate of drug-likeness (QED) is 0.521. The van der Waals surface area contributed by atoms with E-state index in [-0.39, 0.29) is 18.3 Å². The van der Waals surface area contributed by atoms with Gasteiger partial charge in [-0.2, -0.15) is 0 Å². The van der Waals surface area contributed by atoms with Crippen LogP contribution in [0.1, 0.15) is 39.5 Å². The molecular formula is C22H23FN2O2S. The third-order valence-electron chi connectivity index (χ3n) is 4.21. The fourth-order valence-corrected chi connectivity index (χ4v) is 3.56. The molecule has 0 spiro atoms. The Morgan fingerprint density at radius 2 is 1.93 bits per heavy atom. The van der Waals surface area contributed by atoms with Gasteiger partial charge in [-0.25, -0.2) is 9.37 Å². The van der Waals surface area contributed by atoms with Crippen molar-refractivity contribution in [2.75, 3.05) is 6.54 Å². The number of aryl methyl sites for hydroxylation is 2. The SMILES string of the molecule is Cc1csc(CCCCNC(=O)c2ccccc2OCc2ccc(F)cc2)n1. The Morgan fingerprint density at radius 3 is 2.68 bits per heavy atom. The number of rotatable bonds is 9. The number of halogens is 1. The van der Waals surface area contributed by atoms with Gasteiger partial charge in [0.15, 0.2) is 0 Å². The molecule has 0 aliphatic rings. The molecule has 1 heterocycles. The highest BCUT2D eigenvalue weighted by Gasteiger charge is 2.12. The molecule has 0 fully saturated rings. The van der Waals surface area contributed by atoms with Crippen molar-refractivity contribution in [3.05, 3.63) is 81.6 Å². The first-order chi connectivity index (χ1) is 13.6. The van der Waals surface area contributed by atoms with E-state index >= 15 is 0 Å². The first kappa shape index (κ1) is 20.0. The number of thiazole rings is 1. The summed E-state index contributed by atoms with van der Waals surface area (Å²) in [5.41, 5.74) is 2.40. The van der Waals surface area contributed by atoms with E-state index in [1.807, 2.05) is 19.1 Å². The summed E-state index contributed by atoms with van der Waals surface area (Å²) in [4.78, 5) is 17.0. The van der Waals surface area contributed by atoms with Gasteiger partial charge in [-0.1, -0.05) is 24.3 Å². The highest BCUT2D eigenvalue weighted by Crippen LogP contribution is 2.19. The molecule has 4 nitrogen and oxygen atoms in total. The summed E-state index contributed by atoms with van der Waals surface area (Å²) in [6, 6.07) is 13.3. The van der Waals surface area contributed by atoms with Crippen LogP contribution in [0.5, 0.6) is 5.75 Å². The summed E-state index contributed by atoms with van der Waals surface area (Å²) in [5.74, 6) is 0.0795. The maximum absolute atomic E-state index is 13.0. The number of hydrogen-bond acceptors (Lipinski definition) is 4. The number of aromatic nitrogens is 1. The first-order valence-corrected chi connectivity index (χ1v) is 10.2. The van der Waals surface area contributed by atoms with E-state index < -0.39 is 0 Å². The Kier molecular flexibility index (Phi) is 7.14. The van der Waals surface area contributed by atoms with Crippen molar-refractivity contribution in [2.45, 2.75) is 32.8 Å². The van der Waals surface area contributed by atoms with Crippen molar-refractivity contribution in [1.82, 2.24) is 10.3 Å². The smallest absolute Gasteiger partial charge is 0.255 e. The number of carbonyl (C=O) groups excluding carboxylic acids is 1. The summed E-state index contributed by atoms with van der Waals surface area (Å²) in [6.07, 6.45) is 2.81. The van der Waals surface area contributed by atoms with E-state index in [2.05, 4.69) is 15.7 Å². The zero-order chi connectivity index (χ0) is 19.8. The molecule has 2 aromatic carbocycles. The van der Waals surface area contributed by atoms with Crippen LogP contribution in [-0.2, 0) is 13.0 Å². The summed E-state index contributed by atoms with van der Waals surface area (Å²) >= 11 is 1.68. The number of amides is 1. The van der Waals surface area contributed by atoms with Crippen LogP contribution in [0.15, 0.2) is 53.9 Å². The van der Waals surface area contributed by atoms with E-state index in [0.717, 1.165) is 35.5 Å². The molecule has 3 aromatic rings. The number of nitrogens with one attached hydrogen (secondary N) is 1. The van der Waals surface area contributed by atoms with Gasteiger partial charge in [0.1, 0.15) is 18.2 Å². The Bertz CT molecular complexity index is 909. The summed E-state index contributed by atoms with van der Waals surface area (Å²) in [7, 11) is 0. The van der Waals surface area contributed by atoms with Crippen LogP contribution in [0.2, 0.25) is 0 Å². The van der Waals surface area contributed by atoms with Gasteiger partial charge < -0.3 is 10.1 Å². The fraction of sp³-hybridized carbons (Fsp3) is 0.273. The van der Waals surface area contributed by atoms with Crippen molar-refractivity contribution in [3.63, 3.8) is 0 Å². The number of nitrogens with zero attached hydrogens (tertiary/aromatic N) is 1. The molecule has 28 heavy (non-hydrogen) atoms. The van der Waals surface area contributed by atoms with Gasteiger partial charge in [-0.05, 0) is 56.0 Å². The molecule has 0 bridgehead atoms. The summed E-state index contributed by atoms with van der Waals surface area (Å²) < 4.78 is 18.8. The van der Waals surface area contributed by atoms with Crippen LogP contribution in [0.4, 0.5) is 4.39 Å². The minimum absolute atomic E-state index is 0.153. The first-order valence-electron chi connectivity index (χ1n) is 9.27. The largest absolute Gasteiger partial charge is 0.488 e. The Balaban J connectivity index is 1.47. The molecule has 0 aliphatic heterocycles. The molecule has 1 N–H and O–H groups in total. The molecule has 0 saturated heterocycles. The number of hydrogen-bond donors (Lipinski definition) is 1. The predicted octanol–water partition coefficient (Wildman–Crippen LogP) is 4.92. The lowest BCUT2D eigenvalue weighted by Gasteiger charge is -2.12. The van der Waals surface area contributed by atoms with Crippen molar-refractivity contribution >= 4 is 17.2 Å². The summed E-state index contributed by atoms with van der Waals surface area (Å²) in [6.45, 7) is 2.88. The van der Waals surface area contributed by atoms with Crippen molar-refractivity contribution in [1.29, 1.82) is 0 Å². The van der Waals surface area contributed by atoms with Gasteiger partial charge in [-0.15, -0.1) is 11.3 Å². The lowest BCUT2D eigenvalue weighted by atomic mass is 10.1. The zero-order valence-corrected chi connectivity index (χ0v) is 16.6. The maximum Gasteiger partial charge on any atom is 0.255 e. The molecule has 3 rings (SSSR count). The van der Waals surface area contributed by atoms with E-state index in [9.17, 15) is 9.18 Å². The number of unbranched alkanes of at least 4 members (excludes halogenated alkanes) is 1. The van der Waals surface area contributed by atoms with E-state index in [1.165, 1.54) is 12.1 Å². The fourth-order valence-electron chi connectivity index (χ4n) is 2.74. The average molecular weight is 399 g/mol. The highest BCUT2D eigenvalue weighted by molar-refractivity contribution is 7.09. The minimum atomic E-state index is -0.284. The van der Waals surface area contributed by atoms with Gasteiger partial charge in [0.25, 0.3) is 5.91 Å².